The molecule has 0 unspecified atom stereocenters. The molecule has 1 aromatic carbocycles. The summed E-state index contributed by atoms with van der Waals surface area (Å²) in [4.78, 5) is 12.3. The summed E-state index contributed by atoms with van der Waals surface area (Å²) in [5.41, 5.74) is 3.90. The van der Waals surface area contributed by atoms with Gasteiger partial charge in [-0.2, -0.15) is 0 Å². The van der Waals surface area contributed by atoms with E-state index in [1.54, 1.807) is 0 Å². The largest absolute Gasteiger partial charge is 0.352 e. The molecule has 1 aliphatic rings. The molecule has 21 heavy (non-hydrogen) atoms. The summed E-state index contributed by atoms with van der Waals surface area (Å²) in [6.07, 6.45) is 2.49. The van der Waals surface area contributed by atoms with Crippen molar-refractivity contribution in [1.82, 2.24) is 9.88 Å². The normalized spacial score (nSPS) is 14.2. The molecule has 0 spiro atoms. The lowest BCUT2D eigenvalue weighted by molar-refractivity contribution is 0.0951. The molecule has 2 aromatic rings. The Kier molecular flexibility index (Phi) is 3.89. The number of aromatic nitrogens is 1. The zero-order chi connectivity index (χ0) is 15.0. The molecule has 1 fully saturated rings. The van der Waals surface area contributed by atoms with E-state index < -0.39 is 0 Å². The average molecular weight is 347 g/mol. The van der Waals surface area contributed by atoms with Gasteiger partial charge in [0.1, 0.15) is 0 Å². The van der Waals surface area contributed by atoms with E-state index in [1.807, 2.05) is 32.0 Å². The molecule has 1 aromatic heterocycles. The van der Waals surface area contributed by atoms with Crippen LogP contribution in [0.15, 0.2) is 34.8 Å². The van der Waals surface area contributed by atoms with Crippen molar-refractivity contribution < 1.29 is 4.79 Å². The van der Waals surface area contributed by atoms with Crippen molar-refractivity contribution in [2.45, 2.75) is 26.7 Å². The minimum atomic E-state index is 0.0382. The number of nitrogens with zero attached hydrogens (tertiary/aromatic N) is 1. The van der Waals surface area contributed by atoms with Crippen LogP contribution in [0.3, 0.4) is 0 Å². The van der Waals surface area contributed by atoms with E-state index in [1.165, 1.54) is 12.8 Å². The van der Waals surface area contributed by atoms with E-state index in [-0.39, 0.29) is 5.91 Å². The number of rotatable bonds is 4. The number of hydrogen-bond donors (Lipinski definition) is 1. The third-order valence-corrected chi connectivity index (χ3v) is 4.48. The van der Waals surface area contributed by atoms with E-state index in [2.05, 4.69) is 37.9 Å². The fraction of sp³-hybridized carbons (Fsp3) is 0.353. The molecule has 1 N–H and O–H groups in total. The summed E-state index contributed by atoms with van der Waals surface area (Å²) in [7, 11) is 0. The third kappa shape index (κ3) is 3.05. The van der Waals surface area contributed by atoms with E-state index in [0.29, 0.717) is 5.92 Å². The van der Waals surface area contributed by atoms with Crippen molar-refractivity contribution >= 4 is 21.8 Å². The van der Waals surface area contributed by atoms with Crippen LogP contribution in [0.4, 0.5) is 0 Å². The molecular formula is C17H19BrN2O. The zero-order valence-corrected chi connectivity index (χ0v) is 13.9. The van der Waals surface area contributed by atoms with Gasteiger partial charge in [0.2, 0.25) is 0 Å². The van der Waals surface area contributed by atoms with Gasteiger partial charge < -0.3 is 9.88 Å². The van der Waals surface area contributed by atoms with Gasteiger partial charge in [0, 0.05) is 28.1 Å². The van der Waals surface area contributed by atoms with Gasteiger partial charge in [0.25, 0.3) is 5.91 Å². The van der Waals surface area contributed by atoms with Crippen molar-refractivity contribution in [3.8, 4) is 5.69 Å². The number of benzene rings is 1. The highest BCUT2D eigenvalue weighted by Gasteiger charge is 2.23. The number of nitrogens with one attached hydrogen (secondary N) is 1. The van der Waals surface area contributed by atoms with Crippen LogP contribution in [0.1, 0.15) is 34.6 Å². The molecule has 1 aliphatic carbocycles. The molecule has 4 heteroatoms. The smallest absolute Gasteiger partial charge is 0.253 e. The zero-order valence-electron chi connectivity index (χ0n) is 12.3. The lowest BCUT2D eigenvalue weighted by Crippen LogP contribution is -2.25. The lowest BCUT2D eigenvalue weighted by Gasteiger charge is -2.10. The summed E-state index contributed by atoms with van der Waals surface area (Å²) in [5.74, 6) is 0.735. The van der Waals surface area contributed by atoms with Crippen LogP contribution in [0.2, 0.25) is 0 Å². The Morgan fingerprint density at radius 3 is 2.76 bits per heavy atom. The number of hydrogen-bond acceptors (Lipinski definition) is 1. The van der Waals surface area contributed by atoms with Crippen molar-refractivity contribution in [1.29, 1.82) is 0 Å². The lowest BCUT2D eigenvalue weighted by atomic mass is 10.2. The number of halogens is 1. The predicted octanol–water partition coefficient (Wildman–Crippen LogP) is 4.00. The highest BCUT2D eigenvalue weighted by atomic mass is 79.9. The number of aryl methyl sites for hydroxylation is 1. The van der Waals surface area contributed by atoms with Gasteiger partial charge in [0.15, 0.2) is 0 Å². The first-order valence-electron chi connectivity index (χ1n) is 7.29. The minimum Gasteiger partial charge on any atom is -0.352 e. The average Bonchev–Trinajstić information content (AvgIpc) is 3.22. The standard InChI is InChI=1S/C17H19BrN2O/c1-11-8-16(17(21)19-10-13-6-7-13)12(2)20(11)15-5-3-4-14(18)9-15/h3-5,8-9,13H,6-7,10H2,1-2H3,(H,19,21). The number of carbonyl (C=O) groups is 1. The Hall–Kier alpha value is -1.55. The summed E-state index contributed by atoms with van der Waals surface area (Å²) in [5, 5.41) is 3.04. The Bertz CT molecular complexity index is 686. The molecule has 3 rings (SSSR count). The van der Waals surface area contributed by atoms with Gasteiger partial charge >= 0.3 is 0 Å². The van der Waals surface area contributed by atoms with E-state index in [9.17, 15) is 4.79 Å². The second-order valence-electron chi connectivity index (χ2n) is 5.75. The molecular weight excluding hydrogens is 328 g/mol. The first-order valence-corrected chi connectivity index (χ1v) is 8.08. The van der Waals surface area contributed by atoms with Crippen LogP contribution in [-0.4, -0.2) is 17.0 Å². The molecule has 1 amide bonds. The Morgan fingerprint density at radius 1 is 1.33 bits per heavy atom. The molecule has 1 saturated carbocycles. The molecule has 0 bridgehead atoms. The highest BCUT2D eigenvalue weighted by Crippen LogP contribution is 2.28. The first kappa shape index (κ1) is 14.4. The van der Waals surface area contributed by atoms with Crippen LogP contribution in [0.5, 0.6) is 0 Å². The summed E-state index contributed by atoms with van der Waals surface area (Å²) < 4.78 is 3.16. The van der Waals surface area contributed by atoms with Gasteiger partial charge in [0.05, 0.1) is 5.56 Å². The molecule has 0 radical (unpaired) electrons. The highest BCUT2D eigenvalue weighted by molar-refractivity contribution is 9.10. The molecule has 0 saturated heterocycles. The SMILES string of the molecule is Cc1cc(C(=O)NCC2CC2)c(C)n1-c1cccc(Br)c1. The van der Waals surface area contributed by atoms with E-state index >= 15 is 0 Å². The van der Waals surface area contributed by atoms with Crippen LogP contribution in [0.25, 0.3) is 5.69 Å². The number of amides is 1. The second-order valence-corrected chi connectivity index (χ2v) is 6.67. The fourth-order valence-corrected chi connectivity index (χ4v) is 3.05. The van der Waals surface area contributed by atoms with Gasteiger partial charge in [-0.1, -0.05) is 22.0 Å². The topological polar surface area (TPSA) is 34.0 Å². The fourth-order valence-electron chi connectivity index (χ4n) is 2.66. The van der Waals surface area contributed by atoms with Gasteiger partial charge in [-0.05, 0) is 56.9 Å². The van der Waals surface area contributed by atoms with Gasteiger partial charge in [-0.25, -0.2) is 0 Å². The monoisotopic (exact) mass is 346 g/mol. The summed E-state index contributed by atoms with van der Waals surface area (Å²) >= 11 is 3.50. The molecule has 0 aliphatic heterocycles. The van der Waals surface area contributed by atoms with Crippen LogP contribution >= 0.6 is 15.9 Å². The van der Waals surface area contributed by atoms with Gasteiger partial charge in [-0.3, -0.25) is 4.79 Å². The van der Waals surface area contributed by atoms with E-state index in [0.717, 1.165) is 33.7 Å². The minimum absolute atomic E-state index is 0.0382. The maximum Gasteiger partial charge on any atom is 0.253 e. The quantitative estimate of drug-likeness (QED) is 0.891. The van der Waals surface area contributed by atoms with Crippen molar-refractivity contribution in [3.05, 3.63) is 51.8 Å². The molecule has 3 nitrogen and oxygen atoms in total. The van der Waals surface area contributed by atoms with Crippen molar-refractivity contribution in [3.63, 3.8) is 0 Å². The first-order chi connectivity index (χ1) is 10.1. The summed E-state index contributed by atoms with van der Waals surface area (Å²) in [6, 6.07) is 10.1. The van der Waals surface area contributed by atoms with E-state index in [4.69, 9.17) is 0 Å². The number of carbonyl (C=O) groups excluding carboxylic acids is 1. The summed E-state index contributed by atoms with van der Waals surface area (Å²) in [6.45, 7) is 4.84. The Labute approximate surface area is 133 Å². The molecule has 0 atom stereocenters. The second kappa shape index (κ2) is 5.68. The van der Waals surface area contributed by atoms with Crippen LogP contribution < -0.4 is 5.32 Å². The maximum absolute atomic E-state index is 12.3. The Morgan fingerprint density at radius 2 is 2.10 bits per heavy atom. The van der Waals surface area contributed by atoms with Gasteiger partial charge in [-0.15, -0.1) is 0 Å². The molecule has 1 heterocycles. The predicted molar refractivity (Wildman–Crippen MR) is 88.0 cm³/mol. The Balaban J connectivity index is 1.90. The van der Waals surface area contributed by atoms with Crippen LogP contribution in [-0.2, 0) is 0 Å². The molecule has 110 valence electrons. The van der Waals surface area contributed by atoms with Crippen molar-refractivity contribution in [2.24, 2.45) is 5.92 Å². The maximum atomic E-state index is 12.3. The van der Waals surface area contributed by atoms with Crippen molar-refractivity contribution in [2.75, 3.05) is 6.54 Å². The van der Waals surface area contributed by atoms with Crippen LogP contribution in [0, 0.1) is 19.8 Å². The third-order valence-electron chi connectivity index (χ3n) is 3.99.